The highest BCUT2D eigenvalue weighted by Crippen LogP contribution is 2.32. The van der Waals surface area contributed by atoms with Crippen molar-refractivity contribution in [2.75, 3.05) is 7.05 Å². The van der Waals surface area contributed by atoms with E-state index in [1.807, 2.05) is 0 Å². The van der Waals surface area contributed by atoms with Gasteiger partial charge in [-0.15, -0.1) is 0 Å². The molecule has 1 amide bonds. The van der Waals surface area contributed by atoms with Crippen LogP contribution >= 0.6 is 0 Å². The smallest absolute Gasteiger partial charge is 0.311 e. The number of hydrogen-bond acceptors (Lipinski definition) is 4. The normalized spacial score (nSPS) is 14.9. The molecule has 0 heterocycles. The van der Waals surface area contributed by atoms with Gasteiger partial charge in [-0.1, -0.05) is 6.07 Å². The lowest BCUT2D eigenvalue weighted by Crippen LogP contribution is -2.41. The second-order valence-corrected chi connectivity index (χ2v) is 4.43. The van der Waals surface area contributed by atoms with Crippen molar-refractivity contribution in [3.05, 3.63) is 33.9 Å². The molecule has 6 heteroatoms. The first-order chi connectivity index (χ1) is 8.52. The Balaban J connectivity index is 2.30. The zero-order chi connectivity index (χ0) is 13.3. The van der Waals surface area contributed by atoms with Crippen molar-refractivity contribution in [1.82, 2.24) is 4.90 Å². The minimum atomic E-state index is -0.699. The number of phenolic OH excluding ortho intramolecular Hbond substituents is 1. The predicted molar refractivity (Wildman–Crippen MR) is 64.5 cm³/mol. The van der Waals surface area contributed by atoms with Gasteiger partial charge in [-0.25, -0.2) is 0 Å². The summed E-state index contributed by atoms with van der Waals surface area (Å²) >= 11 is 0. The fourth-order valence-corrected chi connectivity index (χ4v) is 1.98. The minimum Gasteiger partial charge on any atom is -0.502 e. The molecule has 6 nitrogen and oxygen atoms in total. The van der Waals surface area contributed by atoms with Gasteiger partial charge < -0.3 is 10.0 Å². The van der Waals surface area contributed by atoms with Crippen LogP contribution in [0.5, 0.6) is 5.75 Å². The third kappa shape index (κ3) is 2.01. The van der Waals surface area contributed by atoms with Gasteiger partial charge in [-0.3, -0.25) is 14.9 Å². The lowest BCUT2D eigenvalue weighted by Gasteiger charge is -2.34. The Morgan fingerprint density at radius 1 is 1.50 bits per heavy atom. The molecule has 1 saturated carbocycles. The fourth-order valence-electron chi connectivity index (χ4n) is 1.98. The summed E-state index contributed by atoms with van der Waals surface area (Å²) in [6.45, 7) is 0. The molecule has 1 aromatic carbocycles. The van der Waals surface area contributed by atoms with E-state index in [0.717, 1.165) is 19.3 Å². The monoisotopic (exact) mass is 250 g/mol. The Bertz CT molecular complexity index is 497. The maximum Gasteiger partial charge on any atom is 0.311 e. The first kappa shape index (κ1) is 12.3. The van der Waals surface area contributed by atoms with E-state index in [4.69, 9.17) is 0 Å². The number of aromatic hydroxyl groups is 1. The van der Waals surface area contributed by atoms with Crippen LogP contribution in [0.4, 0.5) is 5.69 Å². The quantitative estimate of drug-likeness (QED) is 0.656. The minimum absolute atomic E-state index is 0.0152. The number of nitro groups is 1. The summed E-state index contributed by atoms with van der Waals surface area (Å²) in [6.07, 6.45) is 2.97. The summed E-state index contributed by atoms with van der Waals surface area (Å²) in [6, 6.07) is 4.16. The van der Waals surface area contributed by atoms with Crippen molar-refractivity contribution < 1.29 is 14.8 Å². The number of carbonyl (C=O) groups excluding carboxylic acids is 1. The van der Waals surface area contributed by atoms with Crippen molar-refractivity contribution in [2.45, 2.75) is 25.3 Å². The van der Waals surface area contributed by atoms with E-state index in [-0.39, 0.29) is 17.5 Å². The van der Waals surface area contributed by atoms with Crippen LogP contribution in [0.3, 0.4) is 0 Å². The highest BCUT2D eigenvalue weighted by Gasteiger charge is 2.29. The number of para-hydroxylation sites is 1. The molecule has 2 rings (SSSR count). The molecule has 0 aromatic heterocycles. The predicted octanol–water partition coefficient (Wildman–Crippen LogP) is 1.92. The molecule has 96 valence electrons. The van der Waals surface area contributed by atoms with E-state index in [9.17, 15) is 20.0 Å². The standard InChI is InChI=1S/C12H14N2O4/c1-13(8-4-2-5-8)12(16)9-6-3-7-10(11(9)15)14(17)18/h3,6-8,15H,2,4-5H2,1H3. The van der Waals surface area contributed by atoms with Gasteiger partial charge in [-0.05, 0) is 25.3 Å². The number of phenols is 1. The molecule has 0 radical (unpaired) electrons. The number of nitro benzene ring substituents is 1. The van der Waals surface area contributed by atoms with E-state index < -0.39 is 16.4 Å². The summed E-state index contributed by atoms with van der Waals surface area (Å²) in [7, 11) is 1.66. The average molecular weight is 250 g/mol. The number of rotatable bonds is 3. The Morgan fingerprint density at radius 3 is 2.67 bits per heavy atom. The van der Waals surface area contributed by atoms with Gasteiger partial charge in [0, 0.05) is 19.2 Å². The molecule has 1 fully saturated rings. The van der Waals surface area contributed by atoms with Gasteiger partial charge in [0.2, 0.25) is 5.75 Å². The van der Waals surface area contributed by atoms with Gasteiger partial charge in [0.25, 0.3) is 5.91 Å². The maximum atomic E-state index is 12.1. The summed E-state index contributed by atoms with van der Waals surface area (Å²) < 4.78 is 0. The third-order valence-electron chi connectivity index (χ3n) is 3.38. The third-order valence-corrected chi connectivity index (χ3v) is 3.38. The largest absolute Gasteiger partial charge is 0.502 e. The van der Waals surface area contributed by atoms with E-state index in [0.29, 0.717) is 0 Å². The molecule has 0 saturated heterocycles. The summed E-state index contributed by atoms with van der Waals surface area (Å²) in [4.78, 5) is 23.7. The molecule has 0 aliphatic heterocycles. The van der Waals surface area contributed by atoms with E-state index in [2.05, 4.69) is 0 Å². The fraction of sp³-hybridized carbons (Fsp3) is 0.417. The maximum absolute atomic E-state index is 12.1. The highest BCUT2D eigenvalue weighted by atomic mass is 16.6. The molecule has 0 spiro atoms. The zero-order valence-electron chi connectivity index (χ0n) is 10.00. The first-order valence-corrected chi connectivity index (χ1v) is 5.76. The zero-order valence-corrected chi connectivity index (χ0v) is 10.00. The van der Waals surface area contributed by atoms with Crippen LogP contribution in [0, 0.1) is 10.1 Å². The van der Waals surface area contributed by atoms with Crippen molar-refractivity contribution >= 4 is 11.6 Å². The number of amides is 1. The molecule has 1 N–H and O–H groups in total. The van der Waals surface area contributed by atoms with Crippen molar-refractivity contribution in [3.63, 3.8) is 0 Å². The summed E-state index contributed by atoms with van der Waals surface area (Å²) in [5.41, 5.74) is -0.457. The first-order valence-electron chi connectivity index (χ1n) is 5.76. The Hall–Kier alpha value is -2.11. The van der Waals surface area contributed by atoms with E-state index in [1.165, 1.54) is 18.2 Å². The van der Waals surface area contributed by atoms with Crippen LogP contribution < -0.4 is 0 Å². The van der Waals surface area contributed by atoms with Crippen LogP contribution in [0.15, 0.2) is 18.2 Å². The average Bonchev–Trinajstić information content (AvgIpc) is 2.25. The lowest BCUT2D eigenvalue weighted by atomic mass is 9.91. The SMILES string of the molecule is CN(C(=O)c1cccc([N+](=O)[O-])c1O)C1CCC1. The van der Waals surface area contributed by atoms with Crippen LogP contribution in [-0.2, 0) is 0 Å². The van der Waals surface area contributed by atoms with Crippen LogP contribution in [0.1, 0.15) is 29.6 Å². The lowest BCUT2D eigenvalue weighted by molar-refractivity contribution is -0.385. The number of nitrogens with zero attached hydrogens (tertiary/aromatic N) is 2. The van der Waals surface area contributed by atoms with Crippen LogP contribution in [0.2, 0.25) is 0 Å². The van der Waals surface area contributed by atoms with E-state index in [1.54, 1.807) is 11.9 Å². The topological polar surface area (TPSA) is 83.7 Å². The number of benzene rings is 1. The Kier molecular flexibility index (Phi) is 3.18. The molecule has 0 unspecified atom stereocenters. The molecule has 1 aliphatic carbocycles. The Morgan fingerprint density at radius 2 is 2.17 bits per heavy atom. The van der Waals surface area contributed by atoms with Gasteiger partial charge >= 0.3 is 5.69 Å². The van der Waals surface area contributed by atoms with E-state index >= 15 is 0 Å². The molecular weight excluding hydrogens is 236 g/mol. The second-order valence-electron chi connectivity index (χ2n) is 4.43. The summed E-state index contributed by atoms with van der Waals surface area (Å²) in [5, 5.41) is 20.5. The van der Waals surface area contributed by atoms with Crippen molar-refractivity contribution in [3.8, 4) is 5.75 Å². The van der Waals surface area contributed by atoms with Crippen molar-refractivity contribution in [1.29, 1.82) is 0 Å². The molecule has 0 bridgehead atoms. The Labute approximate surface area is 104 Å². The molecule has 1 aromatic rings. The molecule has 1 aliphatic rings. The van der Waals surface area contributed by atoms with Crippen molar-refractivity contribution in [2.24, 2.45) is 0 Å². The second kappa shape index (κ2) is 4.64. The van der Waals surface area contributed by atoms with Crippen LogP contribution in [0.25, 0.3) is 0 Å². The van der Waals surface area contributed by atoms with Gasteiger partial charge in [-0.2, -0.15) is 0 Å². The molecule has 18 heavy (non-hydrogen) atoms. The number of hydrogen-bond donors (Lipinski definition) is 1. The molecular formula is C12H14N2O4. The highest BCUT2D eigenvalue weighted by molar-refractivity contribution is 5.98. The van der Waals surface area contributed by atoms with Crippen LogP contribution in [-0.4, -0.2) is 33.9 Å². The van der Waals surface area contributed by atoms with Gasteiger partial charge in [0.1, 0.15) is 0 Å². The van der Waals surface area contributed by atoms with Gasteiger partial charge in [0.15, 0.2) is 0 Å². The number of carbonyl (C=O) groups is 1. The van der Waals surface area contributed by atoms with Gasteiger partial charge in [0.05, 0.1) is 10.5 Å². The molecule has 0 atom stereocenters. The summed E-state index contributed by atoms with van der Waals surface area (Å²) in [5.74, 6) is -0.931.